The summed E-state index contributed by atoms with van der Waals surface area (Å²) in [5, 5.41) is 7.05. The molecule has 3 aromatic rings. The standard InChI is InChI=1S/C16H15N5O/c1-12-5-6-14(11-18-12)16(22)19-10-13-4-2-7-17-15(13)21-9-3-8-20-21/h2-9,11H,10H2,1H3,(H,19,22). The first-order chi connectivity index (χ1) is 10.7. The van der Waals surface area contributed by atoms with E-state index in [1.807, 2.05) is 37.4 Å². The topological polar surface area (TPSA) is 72.7 Å². The second kappa shape index (κ2) is 6.17. The number of hydrogen-bond acceptors (Lipinski definition) is 4. The van der Waals surface area contributed by atoms with Crippen LogP contribution in [-0.2, 0) is 6.54 Å². The molecule has 3 heterocycles. The van der Waals surface area contributed by atoms with Crippen molar-refractivity contribution in [2.24, 2.45) is 0 Å². The van der Waals surface area contributed by atoms with Crippen LogP contribution in [-0.4, -0.2) is 25.7 Å². The molecule has 6 heteroatoms. The summed E-state index contributed by atoms with van der Waals surface area (Å²) >= 11 is 0. The zero-order valence-electron chi connectivity index (χ0n) is 12.1. The largest absolute Gasteiger partial charge is 0.348 e. The van der Waals surface area contributed by atoms with Gasteiger partial charge in [-0.25, -0.2) is 9.67 Å². The van der Waals surface area contributed by atoms with Gasteiger partial charge in [0, 0.05) is 42.6 Å². The number of aromatic nitrogens is 4. The summed E-state index contributed by atoms with van der Waals surface area (Å²) in [5.41, 5.74) is 2.31. The first-order valence-electron chi connectivity index (χ1n) is 6.89. The van der Waals surface area contributed by atoms with E-state index >= 15 is 0 Å². The normalized spacial score (nSPS) is 10.4. The molecule has 6 nitrogen and oxygen atoms in total. The number of hydrogen-bond donors (Lipinski definition) is 1. The van der Waals surface area contributed by atoms with Crippen molar-refractivity contribution < 1.29 is 4.79 Å². The molecular weight excluding hydrogens is 278 g/mol. The Kier molecular flexibility index (Phi) is 3.91. The number of rotatable bonds is 4. The van der Waals surface area contributed by atoms with Crippen molar-refractivity contribution >= 4 is 5.91 Å². The molecule has 0 bridgehead atoms. The highest BCUT2D eigenvalue weighted by atomic mass is 16.1. The van der Waals surface area contributed by atoms with Crippen LogP contribution in [0.2, 0.25) is 0 Å². The van der Waals surface area contributed by atoms with E-state index in [2.05, 4.69) is 20.4 Å². The van der Waals surface area contributed by atoms with Crippen molar-refractivity contribution in [1.82, 2.24) is 25.1 Å². The molecule has 1 N–H and O–H groups in total. The first-order valence-corrected chi connectivity index (χ1v) is 6.89. The van der Waals surface area contributed by atoms with E-state index in [1.165, 1.54) is 0 Å². The Balaban J connectivity index is 1.74. The molecular formula is C16H15N5O. The summed E-state index contributed by atoms with van der Waals surface area (Å²) < 4.78 is 1.68. The lowest BCUT2D eigenvalue weighted by Crippen LogP contribution is -2.24. The minimum Gasteiger partial charge on any atom is -0.348 e. The second-order valence-electron chi connectivity index (χ2n) is 4.81. The van der Waals surface area contributed by atoms with Crippen LogP contribution in [0.5, 0.6) is 0 Å². The van der Waals surface area contributed by atoms with Gasteiger partial charge in [0.2, 0.25) is 0 Å². The van der Waals surface area contributed by atoms with Crippen LogP contribution in [0.25, 0.3) is 5.82 Å². The molecule has 0 saturated heterocycles. The minimum absolute atomic E-state index is 0.164. The van der Waals surface area contributed by atoms with Gasteiger partial charge in [-0.15, -0.1) is 0 Å². The third-order valence-corrected chi connectivity index (χ3v) is 3.20. The number of aryl methyl sites for hydroxylation is 1. The number of amides is 1. The molecule has 0 radical (unpaired) electrons. The van der Waals surface area contributed by atoms with Crippen LogP contribution in [0.3, 0.4) is 0 Å². The number of nitrogens with one attached hydrogen (secondary N) is 1. The Morgan fingerprint density at radius 1 is 1.18 bits per heavy atom. The summed E-state index contributed by atoms with van der Waals surface area (Å²) in [6.45, 7) is 2.25. The van der Waals surface area contributed by atoms with Gasteiger partial charge in [-0.3, -0.25) is 9.78 Å². The maximum atomic E-state index is 12.1. The molecule has 0 aliphatic carbocycles. The van der Waals surface area contributed by atoms with Crippen LogP contribution < -0.4 is 5.32 Å². The Labute approximate surface area is 127 Å². The van der Waals surface area contributed by atoms with Crippen molar-refractivity contribution in [2.45, 2.75) is 13.5 Å². The molecule has 0 spiro atoms. The van der Waals surface area contributed by atoms with Crippen LogP contribution >= 0.6 is 0 Å². The van der Waals surface area contributed by atoms with Gasteiger partial charge >= 0.3 is 0 Å². The molecule has 0 saturated carbocycles. The summed E-state index contributed by atoms with van der Waals surface area (Å²) in [4.78, 5) is 20.6. The number of nitrogens with zero attached hydrogens (tertiary/aromatic N) is 4. The van der Waals surface area contributed by atoms with Gasteiger partial charge in [0.1, 0.15) is 0 Å². The van der Waals surface area contributed by atoms with E-state index in [1.54, 1.807) is 29.3 Å². The quantitative estimate of drug-likeness (QED) is 0.797. The van der Waals surface area contributed by atoms with Gasteiger partial charge in [0.25, 0.3) is 5.91 Å². The van der Waals surface area contributed by atoms with Crippen LogP contribution in [0.15, 0.2) is 55.1 Å². The van der Waals surface area contributed by atoms with E-state index in [-0.39, 0.29) is 5.91 Å². The molecule has 0 fully saturated rings. The maximum Gasteiger partial charge on any atom is 0.253 e. The van der Waals surface area contributed by atoms with E-state index in [9.17, 15) is 4.79 Å². The Morgan fingerprint density at radius 2 is 2.09 bits per heavy atom. The average Bonchev–Trinajstić information content (AvgIpc) is 3.08. The molecule has 0 aromatic carbocycles. The van der Waals surface area contributed by atoms with E-state index in [4.69, 9.17) is 0 Å². The van der Waals surface area contributed by atoms with Crippen LogP contribution in [0, 0.1) is 6.92 Å². The van der Waals surface area contributed by atoms with Crippen molar-refractivity contribution in [3.63, 3.8) is 0 Å². The lowest BCUT2D eigenvalue weighted by molar-refractivity contribution is 0.0950. The molecule has 1 amide bonds. The van der Waals surface area contributed by atoms with Gasteiger partial charge in [0.05, 0.1) is 5.56 Å². The Morgan fingerprint density at radius 3 is 2.82 bits per heavy atom. The minimum atomic E-state index is -0.164. The smallest absolute Gasteiger partial charge is 0.253 e. The van der Waals surface area contributed by atoms with Gasteiger partial charge in [-0.05, 0) is 31.2 Å². The molecule has 3 aromatic heterocycles. The van der Waals surface area contributed by atoms with Gasteiger partial charge in [-0.2, -0.15) is 5.10 Å². The highest BCUT2D eigenvalue weighted by Crippen LogP contribution is 2.10. The SMILES string of the molecule is Cc1ccc(C(=O)NCc2cccnc2-n2cccn2)cn1. The maximum absolute atomic E-state index is 12.1. The third kappa shape index (κ3) is 3.01. The fraction of sp³-hybridized carbons (Fsp3) is 0.125. The zero-order valence-corrected chi connectivity index (χ0v) is 12.1. The predicted molar refractivity (Wildman–Crippen MR) is 81.5 cm³/mol. The molecule has 0 aliphatic heterocycles. The van der Waals surface area contributed by atoms with Crippen molar-refractivity contribution in [3.8, 4) is 5.82 Å². The average molecular weight is 293 g/mol. The zero-order chi connectivity index (χ0) is 15.4. The second-order valence-corrected chi connectivity index (χ2v) is 4.81. The lowest BCUT2D eigenvalue weighted by Gasteiger charge is -2.09. The monoisotopic (exact) mass is 293 g/mol. The fourth-order valence-corrected chi connectivity index (χ4v) is 2.05. The van der Waals surface area contributed by atoms with Gasteiger partial charge in [0.15, 0.2) is 5.82 Å². The molecule has 0 unspecified atom stereocenters. The van der Waals surface area contributed by atoms with Crippen molar-refractivity contribution in [3.05, 3.63) is 71.9 Å². The van der Waals surface area contributed by atoms with E-state index in [0.717, 1.165) is 11.3 Å². The van der Waals surface area contributed by atoms with Crippen LogP contribution in [0.4, 0.5) is 0 Å². The lowest BCUT2D eigenvalue weighted by atomic mass is 10.2. The highest BCUT2D eigenvalue weighted by molar-refractivity contribution is 5.93. The van der Waals surface area contributed by atoms with Crippen molar-refractivity contribution in [1.29, 1.82) is 0 Å². The molecule has 0 aliphatic rings. The number of carbonyl (C=O) groups excluding carboxylic acids is 1. The summed E-state index contributed by atoms with van der Waals surface area (Å²) in [6.07, 6.45) is 6.78. The van der Waals surface area contributed by atoms with E-state index in [0.29, 0.717) is 17.9 Å². The molecule has 0 atom stereocenters. The van der Waals surface area contributed by atoms with Gasteiger partial charge < -0.3 is 5.32 Å². The highest BCUT2D eigenvalue weighted by Gasteiger charge is 2.09. The summed E-state index contributed by atoms with van der Waals surface area (Å²) in [7, 11) is 0. The summed E-state index contributed by atoms with van der Waals surface area (Å²) in [6, 6.07) is 9.15. The fourth-order valence-electron chi connectivity index (χ4n) is 2.05. The molecule has 3 rings (SSSR count). The van der Waals surface area contributed by atoms with Crippen molar-refractivity contribution in [2.75, 3.05) is 0 Å². The molecule has 110 valence electrons. The Bertz CT molecular complexity index is 765. The first kappa shape index (κ1) is 13.9. The molecule has 22 heavy (non-hydrogen) atoms. The van der Waals surface area contributed by atoms with Gasteiger partial charge in [-0.1, -0.05) is 6.07 Å². The third-order valence-electron chi connectivity index (χ3n) is 3.20. The number of carbonyl (C=O) groups is 1. The predicted octanol–water partition coefficient (Wildman–Crippen LogP) is 1.90. The Hall–Kier alpha value is -3.02. The van der Waals surface area contributed by atoms with E-state index < -0.39 is 0 Å². The summed E-state index contributed by atoms with van der Waals surface area (Å²) in [5.74, 6) is 0.539. The van der Waals surface area contributed by atoms with Crippen LogP contribution in [0.1, 0.15) is 21.6 Å². The number of pyridine rings is 2.